The van der Waals surface area contributed by atoms with Crippen LogP contribution in [0.5, 0.6) is 0 Å². The highest BCUT2D eigenvalue weighted by molar-refractivity contribution is 7.96. The Morgan fingerprint density at radius 2 is 1.69 bits per heavy atom. The first-order valence-corrected chi connectivity index (χ1v) is 3.92. The number of rotatable bonds is 3. The molecule has 0 heterocycles. The van der Waals surface area contributed by atoms with Gasteiger partial charge in [-0.15, -0.1) is 0 Å². The third-order valence-electron chi connectivity index (χ3n) is 0.615. The molecule has 0 unspecified atom stereocenters. The van der Waals surface area contributed by atoms with Crippen LogP contribution in [0.25, 0.3) is 0 Å². The van der Waals surface area contributed by atoms with E-state index in [4.69, 9.17) is 9.90 Å². The molecule has 2 amide bonds. The van der Waals surface area contributed by atoms with Crippen molar-refractivity contribution in [3.63, 3.8) is 0 Å². The maximum absolute atomic E-state index is 9.99. The topological polar surface area (TPSA) is 109 Å². The lowest BCUT2D eigenvalue weighted by Gasteiger charge is -1.94. The molecule has 0 aliphatic carbocycles. The number of hydrogen-bond acceptors (Lipinski definition) is 3. The van der Waals surface area contributed by atoms with Crippen LogP contribution in [0.1, 0.15) is 6.42 Å². The Hall–Kier alpha value is -0.890. The number of carbonyl (C=O) groups is 3. The SMILES string of the molecule is NC(=O)S.O=C(O)CCNC(=O)S. The van der Waals surface area contributed by atoms with Crippen molar-refractivity contribution in [1.82, 2.24) is 5.32 Å². The van der Waals surface area contributed by atoms with Gasteiger partial charge in [0.25, 0.3) is 10.5 Å². The van der Waals surface area contributed by atoms with Crippen molar-refractivity contribution in [1.29, 1.82) is 0 Å². The fourth-order valence-corrected chi connectivity index (χ4v) is 0.388. The minimum absolute atomic E-state index is 0.0632. The Balaban J connectivity index is 0. The Labute approximate surface area is 85.7 Å². The summed E-state index contributed by atoms with van der Waals surface area (Å²) in [5.41, 5.74) is 4.34. The molecular weight excluding hydrogens is 216 g/mol. The van der Waals surface area contributed by atoms with Gasteiger partial charge in [-0.1, -0.05) is 25.3 Å². The first-order chi connectivity index (χ1) is 5.86. The maximum atomic E-state index is 9.99. The molecule has 0 aliphatic heterocycles. The fraction of sp³-hybridized carbons (Fsp3) is 0.400. The van der Waals surface area contributed by atoms with Crippen LogP contribution in [0.3, 0.4) is 0 Å². The second-order valence-electron chi connectivity index (χ2n) is 1.71. The van der Waals surface area contributed by atoms with E-state index < -0.39 is 16.4 Å². The molecule has 8 heteroatoms. The first-order valence-electron chi connectivity index (χ1n) is 3.03. The molecule has 0 aromatic rings. The molecule has 0 saturated heterocycles. The van der Waals surface area contributed by atoms with Crippen molar-refractivity contribution in [2.45, 2.75) is 6.42 Å². The van der Waals surface area contributed by atoms with Crippen LogP contribution in [0.2, 0.25) is 0 Å². The average molecular weight is 226 g/mol. The number of carboxylic acid groups (broad SMARTS) is 1. The quantitative estimate of drug-likeness (QED) is 0.439. The van der Waals surface area contributed by atoms with Gasteiger partial charge in [0.05, 0.1) is 6.42 Å². The number of amides is 2. The summed E-state index contributed by atoms with van der Waals surface area (Å²) in [4.78, 5) is 28.9. The minimum Gasteiger partial charge on any atom is -0.481 e. The third-order valence-corrected chi connectivity index (χ3v) is 0.773. The van der Waals surface area contributed by atoms with Crippen molar-refractivity contribution < 1.29 is 19.5 Å². The summed E-state index contributed by atoms with van der Waals surface area (Å²) < 4.78 is 0. The second-order valence-corrected chi connectivity index (χ2v) is 2.56. The van der Waals surface area contributed by atoms with Crippen molar-refractivity contribution in [3.05, 3.63) is 0 Å². The van der Waals surface area contributed by atoms with Crippen molar-refractivity contribution in [2.24, 2.45) is 5.73 Å². The minimum atomic E-state index is -0.933. The molecule has 76 valence electrons. The van der Waals surface area contributed by atoms with E-state index in [1.165, 1.54) is 0 Å². The van der Waals surface area contributed by atoms with Crippen LogP contribution >= 0.6 is 25.3 Å². The molecular formula is C5H10N2O4S2. The molecule has 0 aliphatic rings. The van der Waals surface area contributed by atoms with E-state index in [-0.39, 0.29) is 13.0 Å². The van der Waals surface area contributed by atoms with Gasteiger partial charge in [-0.2, -0.15) is 0 Å². The molecule has 6 nitrogen and oxygen atoms in total. The lowest BCUT2D eigenvalue weighted by molar-refractivity contribution is -0.136. The van der Waals surface area contributed by atoms with Gasteiger partial charge in [-0.05, 0) is 0 Å². The monoisotopic (exact) mass is 226 g/mol. The van der Waals surface area contributed by atoms with E-state index in [9.17, 15) is 9.59 Å². The summed E-state index contributed by atoms with van der Waals surface area (Å²) in [5.74, 6) is -0.933. The van der Waals surface area contributed by atoms with Gasteiger partial charge >= 0.3 is 5.97 Å². The van der Waals surface area contributed by atoms with Crippen LogP contribution in [-0.2, 0) is 4.79 Å². The molecule has 0 saturated carbocycles. The Morgan fingerprint density at radius 3 is 1.92 bits per heavy atom. The Morgan fingerprint density at radius 1 is 1.31 bits per heavy atom. The van der Waals surface area contributed by atoms with Crippen LogP contribution in [0.15, 0.2) is 0 Å². The molecule has 0 fully saturated rings. The molecule has 0 atom stereocenters. The highest BCUT2D eigenvalue weighted by Crippen LogP contribution is 1.78. The largest absolute Gasteiger partial charge is 0.481 e. The Kier molecular flexibility index (Phi) is 10.3. The molecule has 0 aromatic carbocycles. The van der Waals surface area contributed by atoms with Gasteiger partial charge < -0.3 is 16.2 Å². The second kappa shape index (κ2) is 9.20. The number of aliphatic carboxylic acids is 1. The van der Waals surface area contributed by atoms with Crippen LogP contribution < -0.4 is 11.1 Å². The normalized spacial score (nSPS) is 7.85. The van der Waals surface area contributed by atoms with Gasteiger partial charge in [-0.3, -0.25) is 14.4 Å². The van der Waals surface area contributed by atoms with Gasteiger partial charge in [0.15, 0.2) is 0 Å². The zero-order chi connectivity index (χ0) is 10.9. The zero-order valence-electron chi connectivity index (χ0n) is 6.56. The van der Waals surface area contributed by atoms with E-state index in [1.54, 1.807) is 0 Å². The highest BCUT2D eigenvalue weighted by Gasteiger charge is 1.95. The standard InChI is InChI=1S/C4H7NO3S.CH3NOS/c6-3(7)1-2-5-4(8)9;2-1(3)4/h1-2H2,(H,6,7)(H2,5,8,9);(H3,2,3,4). The molecule has 0 bridgehead atoms. The summed E-state index contributed by atoms with van der Waals surface area (Å²) in [6.45, 7) is 0.137. The van der Waals surface area contributed by atoms with Gasteiger partial charge in [0.2, 0.25) is 0 Å². The van der Waals surface area contributed by atoms with E-state index >= 15 is 0 Å². The smallest absolute Gasteiger partial charge is 0.305 e. The number of carbonyl (C=O) groups excluding carboxylic acids is 2. The van der Waals surface area contributed by atoms with Crippen LogP contribution in [-0.4, -0.2) is 28.1 Å². The number of hydrogen-bond donors (Lipinski definition) is 5. The first kappa shape index (κ1) is 14.6. The molecule has 0 radical (unpaired) electrons. The fourth-order valence-electron chi connectivity index (χ4n) is 0.276. The Bertz CT molecular complexity index is 179. The van der Waals surface area contributed by atoms with E-state index in [0.29, 0.717) is 0 Å². The number of nitrogens with one attached hydrogen (secondary N) is 1. The average Bonchev–Trinajstić information content (AvgIpc) is 1.83. The highest BCUT2D eigenvalue weighted by atomic mass is 32.1. The lowest BCUT2D eigenvalue weighted by atomic mass is 10.4. The molecule has 13 heavy (non-hydrogen) atoms. The zero-order valence-corrected chi connectivity index (χ0v) is 8.35. The molecule has 0 rings (SSSR count). The number of carboxylic acids is 1. The van der Waals surface area contributed by atoms with Crippen molar-refractivity contribution in [3.8, 4) is 0 Å². The number of primary amides is 1. The van der Waals surface area contributed by atoms with Gasteiger partial charge in [0, 0.05) is 6.54 Å². The molecule has 0 aromatic heterocycles. The van der Waals surface area contributed by atoms with Crippen molar-refractivity contribution in [2.75, 3.05) is 6.54 Å². The number of thiol groups is 2. The summed E-state index contributed by atoms with van der Waals surface area (Å²) in [6.07, 6.45) is -0.0632. The summed E-state index contributed by atoms with van der Waals surface area (Å²) in [6, 6.07) is 0. The third kappa shape index (κ3) is 35.3. The summed E-state index contributed by atoms with van der Waals surface area (Å²) >= 11 is 6.46. The van der Waals surface area contributed by atoms with Gasteiger partial charge in [-0.25, -0.2) is 0 Å². The molecule has 4 N–H and O–H groups in total. The van der Waals surface area contributed by atoms with Crippen molar-refractivity contribution >= 4 is 41.7 Å². The predicted molar refractivity (Wildman–Crippen MR) is 53.2 cm³/mol. The lowest BCUT2D eigenvalue weighted by Crippen LogP contribution is -2.20. The van der Waals surface area contributed by atoms with Gasteiger partial charge in [0.1, 0.15) is 0 Å². The van der Waals surface area contributed by atoms with E-state index in [1.807, 2.05) is 0 Å². The predicted octanol–water partition coefficient (Wildman–Crippen LogP) is 0.0954. The number of nitrogens with two attached hydrogens (primary N) is 1. The van der Waals surface area contributed by atoms with Crippen LogP contribution in [0.4, 0.5) is 9.59 Å². The van der Waals surface area contributed by atoms with Crippen LogP contribution in [0, 0.1) is 0 Å². The van der Waals surface area contributed by atoms with E-state index in [2.05, 4.69) is 36.3 Å². The van der Waals surface area contributed by atoms with E-state index in [0.717, 1.165) is 0 Å². The maximum Gasteiger partial charge on any atom is 0.305 e. The summed E-state index contributed by atoms with van der Waals surface area (Å²) in [5, 5.41) is 9.13. The summed E-state index contributed by atoms with van der Waals surface area (Å²) in [7, 11) is 0. The molecule has 0 spiro atoms.